The van der Waals surface area contributed by atoms with Crippen LogP contribution in [0.2, 0.25) is 5.02 Å². The minimum atomic E-state index is -0.308. The first-order valence-electron chi connectivity index (χ1n) is 8.87. The van der Waals surface area contributed by atoms with Crippen LogP contribution in [0.4, 0.5) is 5.69 Å². The third-order valence-electron chi connectivity index (χ3n) is 4.77. The molecule has 5 nitrogen and oxygen atoms in total. The number of ether oxygens (including phenoxy) is 1. The number of anilines is 1. The molecule has 3 rings (SSSR count). The Morgan fingerprint density at radius 3 is 2.41 bits per heavy atom. The van der Waals surface area contributed by atoms with Crippen molar-refractivity contribution in [2.75, 3.05) is 12.4 Å². The number of aryl methyl sites for hydroxylation is 2. The summed E-state index contributed by atoms with van der Waals surface area (Å²) in [6.07, 6.45) is 0.558. The molecule has 0 spiro atoms. The summed E-state index contributed by atoms with van der Waals surface area (Å²) in [5.41, 5.74) is 3.55. The standard InChI is InChI=1S/C21H23ClN2O3/c1-12-8-13(2)19(18(22)9-12)24-21(26)17-10-16(17)20(25)23-11-14-4-6-15(27-3)7-5-14/h4-9,16-17H,10-11H2,1-3H3,(H,23,25)(H,24,26). The summed E-state index contributed by atoms with van der Waals surface area (Å²) >= 11 is 6.24. The number of amides is 2. The molecule has 1 aliphatic rings. The van der Waals surface area contributed by atoms with Gasteiger partial charge in [0.05, 0.1) is 29.7 Å². The minimum absolute atomic E-state index is 0.0994. The summed E-state index contributed by atoms with van der Waals surface area (Å²) in [5.74, 6) is -0.0781. The Morgan fingerprint density at radius 1 is 1.11 bits per heavy atom. The fourth-order valence-corrected chi connectivity index (χ4v) is 3.50. The van der Waals surface area contributed by atoms with E-state index >= 15 is 0 Å². The van der Waals surface area contributed by atoms with E-state index in [0.29, 0.717) is 23.7 Å². The van der Waals surface area contributed by atoms with E-state index in [-0.39, 0.29) is 23.7 Å². The van der Waals surface area contributed by atoms with E-state index in [1.165, 1.54) is 0 Å². The van der Waals surface area contributed by atoms with Gasteiger partial charge in [0.15, 0.2) is 0 Å². The van der Waals surface area contributed by atoms with Gasteiger partial charge in [-0.1, -0.05) is 29.8 Å². The number of hydrogen-bond acceptors (Lipinski definition) is 3. The number of benzene rings is 2. The van der Waals surface area contributed by atoms with Crippen LogP contribution in [0.1, 0.15) is 23.1 Å². The quantitative estimate of drug-likeness (QED) is 0.792. The molecule has 2 N–H and O–H groups in total. The number of halogens is 1. The highest BCUT2D eigenvalue weighted by atomic mass is 35.5. The summed E-state index contributed by atoms with van der Waals surface area (Å²) in [5, 5.41) is 6.28. The van der Waals surface area contributed by atoms with Crippen LogP contribution in [0, 0.1) is 25.7 Å². The SMILES string of the molecule is COc1ccc(CNC(=O)C2CC2C(=O)Nc2c(C)cc(C)cc2Cl)cc1. The molecule has 0 aromatic heterocycles. The molecule has 1 aliphatic carbocycles. The Hall–Kier alpha value is -2.53. The van der Waals surface area contributed by atoms with Crippen LogP contribution < -0.4 is 15.4 Å². The van der Waals surface area contributed by atoms with Gasteiger partial charge < -0.3 is 15.4 Å². The number of nitrogens with one attached hydrogen (secondary N) is 2. The highest BCUT2D eigenvalue weighted by molar-refractivity contribution is 6.34. The molecular formula is C21H23ClN2O3. The molecule has 2 aromatic rings. The van der Waals surface area contributed by atoms with Crippen LogP contribution in [-0.4, -0.2) is 18.9 Å². The topological polar surface area (TPSA) is 67.4 Å². The fourth-order valence-electron chi connectivity index (χ4n) is 3.13. The summed E-state index contributed by atoms with van der Waals surface area (Å²) in [6.45, 7) is 4.28. The number of hydrogen-bond donors (Lipinski definition) is 2. The van der Waals surface area contributed by atoms with Crippen molar-refractivity contribution >= 4 is 29.1 Å². The molecule has 0 bridgehead atoms. The van der Waals surface area contributed by atoms with E-state index in [9.17, 15) is 9.59 Å². The molecule has 2 unspecified atom stereocenters. The van der Waals surface area contributed by atoms with Crippen molar-refractivity contribution in [3.63, 3.8) is 0 Å². The molecule has 2 amide bonds. The summed E-state index contributed by atoms with van der Waals surface area (Å²) in [7, 11) is 1.61. The van der Waals surface area contributed by atoms with Crippen molar-refractivity contribution in [1.29, 1.82) is 0 Å². The van der Waals surface area contributed by atoms with Gasteiger partial charge in [0.2, 0.25) is 11.8 Å². The largest absolute Gasteiger partial charge is 0.497 e. The normalized spacial score (nSPS) is 17.9. The lowest BCUT2D eigenvalue weighted by molar-refractivity contribution is -0.125. The maximum Gasteiger partial charge on any atom is 0.228 e. The Kier molecular flexibility index (Phi) is 5.71. The van der Waals surface area contributed by atoms with Gasteiger partial charge in [-0.2, -0.15) is 0 Å². The van der Waals surface area contributed by atoms with Crippen molar-refractivity contribution in [2.45, 2.75) is 26.8 Å². The predicted molar refractivity (Wildman–Crippen MR) is 106 cm³/mol. The Bertz CT molecular complexity index is 841. The molecule has 2 aromatic carbocycles. The number of rotatable bonds is 6. The lowest BCUT2D eigenvalue weighted by Crippen LogP contribution is -2.27. The van der Waals surface area contributed by atoms with Crippen molar-refractivity contribution < 1.29 is 14.3 Å². The Morgan fingerprint density at radius 2 is 1.78 bits per heavy atom. The van der Waals surface area contributed by atoms with Gasteiger partial charge in [-0.3, -0.25) is 9.59 Å². The van der Waals surface area contributed by atoms with Crippen molar-refractivity contribution in [3.8, 4) is 5.75 Å². The maximum absolute atomic E-state index is 12.5. The van der Waals surface area contributed by atoms with E-state index in [0.717, 1.165) is 22.4 Å². The summed E-state index contributed by atoms with van der Waals surface area (Å²) < 4.78 is 5.11. The van der Waals surface area contributed by atoms with E-state index in [1.54, 1.807) is 7.11 Å². The predicted octanol–water partition coefficient (Wildman–Crippen LogP) is 3.86. The van der Waals surface area contributed by atoms with Gasteiger partial charge in [-0.25, -0.2) is 0 Å². The summed E-state index contributed by atoms with van der Waals surface area (Å²) in [6, 6.07) is 11.3. The van der Waals surface area contributed by atoms with Gasteiger partial charge in [0.25, 0.3) is 0 Å². The first kappa shape index (κ1) is 19.2. The molecule has 1 saturated carbocycles. The van der Waals surface area contributed by atoms with Gasteiger partial charge >= 0.3 is 0 Å². The van der Waals surface area contributed by atoms with Crippen LogP contribution in [0.25, 0.3) is 0 Å². The second-order valence-corrected chi connectivity index (χ2v) is 7.35. The van der Waals surface area contributed by atoms with Crippen molar-refractivity contribution in [2.24, 2.45) is 11.8 Å². The monoisotopic (exact) mass is 386 g/mol. The van der Waals surface area contributed by atoms with Crippen molar-refractivity contribution in [3.05, 3.63) is 58.1 Å². The number of methoxy groups -OCH3 is 1. The lowest BCUT2D eigenvalue weighted by atomic mass is 10.1. The van der Waals surface area contributed by atoms with Crippen molar-refractivity contribution in [1.82, 2.24) is 5.32 Å². The first-order chi connectivity index (χ1) is 12.9. The summed E-state index contributed by atoms with van der Waals surface area (Å²) in [4.78, 5) is 24.8. The highest BCUT2D eigenvalue weighted by Crippen LogP contribution is 2.40. The molecular weight excluding hydrogens is 364 g/mol. The van der Waals surface area contributed by atoms with E-state index in [4.69, 9.17) is 16.3 Å². The molecule has 0 heterocycles. The van der Waals surface area contributed by atoms with E-state index < -0.39 is 0 Å². The minimum Gasteiger partial charge on any atom is -0.497 e. The maximum atomic E-state index is 12.5. The van der Waals surface area contributed by atoms with E-state index in [2.05, 4.69) is 10.6 Å². The smallest absolute Gasteiger partial charge is 0.228 e. The molecule has 0 saturated heterocycles. The first-order valence-corrected chi connectivity index (χ1v) is 9.25. The lowest BCUT2D eigenvalue weighted by Gasteiger charge is -2.11. The Balaban J connectivity index is 1.52. The third-order valence-corrected chi connectivity index (χ3v) is 5.07. The van der Waals surface area contributed by atoms with Crippen LogP contribution >= 0.6 is 11.6 Å². The molecule has 1 fully saturated rings. The molecule has 142 valence electrons. The van der Waals surface area contributed by atoms with Gasteiger partial charge in [-0.05, 0) is 55.2 Å². The van der Waals surface area contributed by atoms with Gasteiger partial charge in [-0.15, -0.1) is 0 Å². The molecule has 2 atom stereocenters. The molecule has 0 aliphatic heterocycles. The van der Waals surface area contributed by atoms with Crippen LogP contribution in [0.3, 0.4) is 0 Å². The second kappa shape index (κ2) is 8.01. The average molecular weight is 387 g/mol. The van der Waals surface area contributed by atoms with Crippen LogP contribution in [-0.2, 0) is 16.1 Å². The van der Waals surface area contributed by atoms with Gasteiger partial charge in [0, 0.05) is 6.54 Å². The second-order valence-electron chi connectivity index (χ2n) is 6.94. The zero-order chi connectivity index (χ0) is 19.6. The fraction of sp³-hybridized carbons (Fsp3) is 0.333. The van der Waals surface area contributed by atoms with Crippen LogP contribution in [0.5, 0.6) is 5.75 Å². The Labute approximate surface area is 164 Å². The van der Waals surface area contributed by atoms with Gasteiger partial charge in [0.1, 0.15) is 5.75 Å². The van der Waals surface area contributed by atoms with E-state index in [1.807, 2.05) is 50.2 Å². The zero-order valence-electron chi connectivity index (χ0n) is 15.6. The van der Waals surface area contributed by atoms with Crippen LogP contribution in [0.15, 0.2) is 36.4 Å². The highest BCUT2D eigenvalue weighted by Gasteiger charge is 2.48. The zero-order valence-corrected chi connectivity index (χ0v) is 16.4. The number of carbonyl (C=O) groups is 2. The molecule has 0 radical (unpaired) electrons. The third kappa shape index (κ3) is 4.61. The molecule has 27 heavy (non-hydrogen) atoms. The average Bonchev–Trinajstić information content (AvgIpc) is 3.44. The number of carbonyl (C=O) groups excluding carboxylic acids is 2. The molecule has 6 heteroatoms.